The van der Waals surface area contributed by atoms with E-state index in [4.69, 9.17) is 15.2 Å². The Balaban J connectivity index is 1.42. The molecule has 1 amide bonds. The molecule has 0 aliphatic heterocycles. The Kier molecular flexibility index (Phi) is 8.64. The van der Waals surface area contributed by atoms with Crippen LogP contribution in [0.15, 0.2) is 48.9 Å². The molecule has 0 bridgehead atoms. The summed E-state index contributed by atoms with van der Waals surface area (Å²) in [6.45, 7) is 4.46. The lowest BCUT2D eigenvalue weighted by molar-refractivity contribution is 0.0778. The van der Waals surface area contributed by atoms with Gasteiger partial charge in [-0.25, -0.2) is 18.6 Å². The number of anilines is 2. The third-order valence-corrected chi connectivity index (χ3v) is 7.90. The Labute approximate surface area is 242 Å². The molecule has 5 rings (SSSR count). The monoisotopic (exact) mass is 579 g/mol. The minimum atomic E-state index is -0.723. The highest BCUT2D eigenvalue weighted by molar-refractivity contribution is 5.68. The molecule has 222 valence electrons. The van der Waals surface area contributed by atoms with Crippen LogP contribution in [0.5, 0.6) is 0 Å². The molecule has 42 heavy (non-hydrogen) atoms. The molecular weight excluding hydrogens is 544 g/mol. The van der Waals surface area contributed by atoms with Crippen molar-refractivity contribution >= 4 is 23.2 Å². The maximum absolute atomic E-state index is 15.0. The van der Waals surface area contributed by atoms with E-state index < -0.39 is 17.7 Å². The van der Waals surface area contributed by atoms with Crippen LogP contribution in [0, 0.1) is 17.6 Å². The van der Waals surface area contributed by atoms with Crippen LogP contribution in [0.3, 0.4) is 0 Å². The van der Waals surface area contributed by atoms with E-state index in [1.807, 2.05) is 13.0 Å². The van der Waals surface area contributed by atoms with Crippen molar-refractivity contribution in [3.05, 3.63) is 71.7 Å². The van der Waals surface area contributed by atoms with Gasteiger partial charge in [0.1, 0.15) is 11.6 Å². The summed E-state index contributed by atoms with van der Waals surface area (Å²) in [5.41, 5.74) is 9.27. The van der Waals surface area contributed by atoms with Crippen LogP contribution < -0.4 is 11.1 Å². The van der Waals surface area contributed by atoms with Gasteiger partial charge in [0.05, 0.1) is 54.6 Å². The number of benzene rings is 1. The predicted octanol–water partition coefficient (Wildman–Crippen LogP) is 5.26. The van der Waals surface area contributed by atoms with Crippen molar-refractivity contribution in [2.24, 2.45) is 11.7 Å². The Hall–Kier alpha value is -4.16. The van der Waals surface area contributed by atoms with Crippen molar-refractivity contribution in [2.45, 2.75) is 51.3 Å². The zero-order chi connectivity index (χ0) is 30.0. The summed E-state index contributed by atoms with van der Waals surface area (Å²) >= 11 is 0. The number of hydrogen-bond donors (Lipinski definition) is 2. The summed E-state index contributed by atoms with van der Waals surface area (Å²) in [5, 5.41) is 7.85. The molecule has 1 aliphatic rings. The Morgan fingerprint density at radius 3 is 2.64 bits per heavy atom. The van der Waals surface area contributed by atoms with Crippen molar-refractivity contribution in [1.29, 1.82) is 0 Å². The first-order valence-corrected chi connectivity index (χ1v) is 13.9. The number of methoxy groups -OCH3 is 1. The van der Waals surface area contributed by atoms with Crippen LogP contribution in [0.1, 0.15) is 43.7 Å². The van der Waals surface area contributed by atoms with Gasteiger partial charge < -0.3 is 25.4 Å². The number of imidazole rings is 1. The van der Waals surface area contributed by atoms with Crippen LogP contribution in [0.25, 0.3) is 16.8 Å². The SMILES string of the molecule is CCOCc1cc(F)c(-c2ccc3cnc(Nc4cnccc4[C@H]4C[C@@H](N)[C@@H](N(C)C(=O)OC)[C@@H](C)C4)n3n2)c(F)c1. The minimum Gasteiger partial charge on any atom is -0.453 e. The van der Waals surface area contributed by atoms with Crippen molar-refractivity contribution in [3.63, 3.8) is 0 Å². The molecule has 3 N–H and O–H groups in total. The van der Waals surface area contributed by atoms with Crippen molar-refractivity contribution in [2.75, 3.05) is 26.1 Å². The van der Waals surface area contributed by atoms with Crippen LogP contribution in [0.2, 0.25) is 0 Å². The third-order valence-electron chi connectivity index (χ3n) is 7.90. The van der Waals surface area contributed by atoms with Gasteiger partial charge in [0.2, 0.25) is 5.95 Å². The van der Waals surface area contributed by atoms with Gasteiger partial charge in [-0.1, -0.05) is 6.92 Å². The number of fused-ring (bicyclic) bond motifs is 1. The van der Waals surface area contributed by atoms with Gasteiger partial charge in [0, 0.05) is 25.9 Å². The number of carbonyl (C=O) groups excluding carboxylic acids is 1. The first-order valence-electron chi connectivity index (χ1n) is 13.9. The second-order valence-electron chi connectivity index (χ2n) is 10.7. The second kappa shape index (κ2) is 12.4. The molecular formula is C30H35F2N7O3. The lowest BCUT2D eigenvalue weighted by atomic mass is 9.73. The fraction of sp³-hybridized carbons (Fsp3) is 0.400. The minimum absolute atomic E-state index is 0.0935. The van der Waals surface area contributed by atoms with E-state index in [0.29, 0.717) is 30.1 Å². The van der Waals surface area contributed by atoms with E-state index in [-0.39, 0.29) is 41.8 Å². The first kappa shape index (κ1) is 29.3. The van der Waals surface area contributed by atoms with E-state index in [0.717, 1.165) is 17.7 Å². The third kappa shape index (κ3) is 5.77. The average Bonchev–Trinajstić information content (AvgIpc) is 3.37. The van der Waals surface area contributed by atoms with Crippen LogP contribution >= 0.6 is 0 Å². The average molecular weight is 580 g/mol. The highest BCUT2D eigenvalue weighted by Crippen LogP contribution is 2.40. The normalized spacial score (nSPS) is 20.5. The Bertz CT molecular complexity index is 1540. The van der Waals surface area contributed by atoms with Crippen LogP contribution in [0.4, 0.5) is 25.2 Å². The molecule has 3 heterocycles. The van der Waals surface area contributed by atoms with Crippen LogP contribution in [-0.4, -0.2) is 63.4 Å². The molecule has 0 saturated heterocycles. The molecule has 1 aliphatic carbocycles. The van der Waals surface area contributed by atoms with Gasteiger partial charge >= 0.3 is 6.09 Å². The second-order valence-corrected chi connectivity index (χ2v) is 10.7. The van der Waals surface area contributed by atoms with Gasteiger partial charge in [-0.15, -0.1) is 0 Å². The van der Waals surface area contributed by atoms with Gasteiger partial charge in [-0.2, -0.15) is 9.61 Å². The lowest BCUT2D eigenvalue weighted by Gasteiger charge is -2.43. The molecule has 1 aromatic carbocycles. The number of amides is 1. The smallest absolute Gasteiger partial charge is 0.409 e. The summed E-state index contributed by atoms with van der Waals surface area (Å²) in [7, 11) is 3.07. The molecule has 10 nitrogen and oxygen atoms in total. The van der Waals surface area contributed by atoms with E-state index in [1.165, 1.54) is 23.8 Å². The largest absolute Gasteiger partial charge is 0.453 e. The van der Waals surface area contributed by atoms with Gasteiger partial charge in [-0.3, -0.25) is 4.98 Å². The van der Waals surface area contributed by atoms with E-state index in [1.54, 1.807) is 42.7 Å². The number of nitrogens with zero attached hydrogens (tertiary/aromatic N) is 5. The van der Waals surface area contributed by atoms with Gasteiger partial charge in [0.15, 0.2) is 0 Å². The number of halogens is 2. The number of ether oxygens (including phenoxy) is 2. The molecule has 12 heteroatoms. The topological polar surface area (TPSA) is 120 Å². The Morgan fingerprint density at radius 2 is 1.95 bits per heavy atom. The van der Waals surface area contributed by atoms with Crippen molar-refractivity contribution in [3.8, 4) is 11.3 Å². The maximum Gasteiger partial charge on any atom is 0.409 e. The summed E-state index contributed by atoms with van der Waals surface area (Å²) in [6.07, 6.45) is 6.09. The molecule has 0 spiro atoms. The number of rotatable bonds is 8. The summed E-state index contributed by atoms with van der Waals surface area (Å²) in [6, 6.07) is 7.32. The number of hydrogen-bond acceptors (Lipinski definition) is 8. The van der Waals surface area contributed by atoms with Crippen molar-refractivity contribution in [1.82, 2.24) is 24.5 Å². The van der Waals surface area contributed by atoms with E-state index in [9.17, 15) is 4.79 Å². The maximum atomic E-state index is 15.0. The summed E-state index contributed by atoms with van der Waals surface area (Å²) < 4.78 is 41.8. The molecule has 0 radical (unpaired) electrons. The molecule has 4 aromatic rings. The Morgan fingerprint density at radius 1 is 1.19 bits per heavy atom. The zero-order valence-corrected chi connectivity index (χ0v) is 24.1. The number of likely N-dealkylation sites (N-methyl/N-ethyl adjacent to an activating group) is 1. The number of nitrogens with two attached hydrogens (primary N) is 1. The number of carbonyl (C=O) groups is 1. The van der Waals surface area contributed by atoms with Crippen LogP contribution in [-0.2, 0) is 16.1 Å². The molecule has 3 aromatic heterocycles. The van der Waals surface area contributed by atoms with Crippen molar-refractivity contribution < 1.29 is 23.0 Å². The predicted molar refractivity (Wildman–Crippen MR) is 154 cm³/mol. The highest BCUT2D eigenvalue weighted by atomic mass is 19.1. The lowest BCUT2D eigenvalue weighted by Crippen LogP contribution is -2.55. The fourth-order valence-corrected chi connectivity index (χ4v) is 6.02. The highest BCUT2D eigenvalue weighted by Gasteiger charge is 2.39. The number of aromatic nitrogens is 4. The molecule has 0 unspecified atom stereocenters. The summed E-state index contributed by atoms with van der Waals surface area (Å²) in [5.74, 6) is -0.869. The van der Waals surface area contributed by atoms with Gasteiger partial charge in [-0.05, 0) is 73.1 Å². The van der Waals surface area contributed by atoms with Gasteiger partial charge in [0.25, 0.3) is 0 Å². The van der Waals surface area contributed by atoms with E-state index in [2.05, 4.69) is 27.3 Å². The summed E-state index contributed by atoms with van der Waals surface area (Å²) in [4.78, 5) is 22.5. The number of pyridine rings is 1. The first-order chi connectivity index (χ1) is 20.2. The quantitative estimate of drug-likeness (QED) is 0.290. The molecule has 1 saturated carbocycles. The van der Waals surface area contributed by atoms with E-state index >= 15 is 8.78 Å². The number of nitrogens with one attached hydrogen (secondary N) is 1. The standard InChI is InChI=1S/C30H35F2N7O3/c1-5-42-16-18-11-22(31)27(23(32)12-18)25-7-6-20-14-35-29(39(20)37-25)36-26-15-34-9-8-21(26)19-10-17(2)28(24(33)13-19)38(3)30(40)41-4/h6-9,11-12,14-15,17,19,24,28H,5,10,13,16,33H2,1-4H3,(H,35,36)/t17-,19+,24+,28-/m0/s1. The fourth-order valence-electron chi connectivity index (χ4n) is 6.02. The molecule has 4 atom stereocenters. The molecule has 1 fully saturated rings. The zero-order valence-electron chi connectivity index (χ0n) is 24.1.